The van der Waals surface area contributed by atoms with Crippen LogP contribution in [0.15, 0.2) is 0 Å². The molecule has 0 heterocycles. The lowest BCUT2D eigenvalue weighted by molar-refractivity contribution is 0.0589. The summed E-state index contributed by atoms with van der Waals surface area (Å²) in [5.41, 5.74) is 0.565. The zero-order valence-electron chi connectivity index (χ0n) is 11.6. The minimum Gasteiger partial charge on any atom is -0.300 e. The van der Waals surface area contributed by atoms with E-state index in [1.165, 1.54) is 44.9 Å². The maximum atomic E-state index is 2.73. The zero-order valence-corrected chi connectivity index (χ0v) is 11.6. The molecule has 0 N–H and O–H groups in total. The molecule has 0 bridgehead atoms. The van der Waals surface area contributed by atoms with E-state index in [2.05, 4.69) is 32.7 Å². The summed E-state index contributed by atoms with van der Waals surface area (Å²) >= 11 is 0. The van der Waals surface area contributed by atoms with E-state index >= 15 is 0 Å². The molecule has 0 radical (unpaired) electrons. The van der Waals surface area contributed by atoms with Crippen LogP contribution in [0.5, 0.6) is 0 Å². The van der Waals surface area contributed by atoms with Gasteiger partial charge in [-0.15, -0.1) is 0 Å². The van der Waals surface area contributed by atoms with Crippen molar-refractivity contribution in [1.82, 2.24) is 4.90 Å². The normalized spacial score (nSPS) is 35.8. The topological polar surface area (TPSA) is 3.24 Å². The van der Waals surface area contributed by atoms with Gasteiger partial charge in [0.15, 0.2) is 0 Å². The van der Waals surface area contributed by atoms with E-state index < -0.39 is 0 Å². The summed E-state index contributed by atoms with van der Waals surface area (Å²) in [6, 6.07) is 1.74. The Morgan fingerprint density at radius 2 is 1.62 bits per heavy atom. The SMILES string of the molecule is CC1CC(N(C)C2CCCC2)CC(C)(C)C1. The van der Waals surface area contributed by atoms with Crippen LogP contribution in [0.2, 0.25) is 0 Å². The van der Waals surface area contributed by atoms with Gasteiger partial charge in [0.1, 0.15) is 0 Å². The number of hydrogen-bond acceptors (Lipinski definition) is 1. The van der Waals surface area contributed by atoms with Crippen molar-refractivity contribution in [3.05, 3.63) is 0 Å². The molecule has 2 aliphatic carbocycles. The first-order chi connectivity index (χ1) is 7.48. The lowest BCUT2D eigenvalue weighted by atomic mass is 9.70. The molecule has 2 saturated carbocycles. The van der Waals surface area contributed by atoms with Crippen LogP contribution in [-0.2, 0) is 0 Å². The molecule has 94 valence electrons. The fourth-order valence-corrected chi connectivity index (χ4v) is 4.22. The molecule has 0 aromatic carbocycles. The molecule has 2 unspecified atom stereocenters. The van der Waals surface area contributed by atoms with Gasteiger partial charge in [0, 0.05) is 12.1 Å². The lowest BCUT2D eigenvalue weighted by Crippen LogP contribution is -2.45. The lowest BCUT2D eigenvalue weighted by Gasteiger charge is -2.44. The molecule has 0 amide bonds. The van der Waals surface area contributed by atoms with Crippen molar-refractivity contribution in [2.24, 2.45) is 11.3 Å². The van der Waals surface area contributed by atoms with Gasteiger partial charge in [-0.05, 0) is 50.5 Å². The third-order valence-electron chi connectivity index (χ3n) is 4.84. The van der Waals surface area contributed by atoms with Crippen LogP contribution in [0.4, 0.5) is 0 Å². The van der Waals surface area contributed by atoms with Gasteiger partial charge in [-0.25, -0.2) is 0 Å². The minimum absolute atomic E-state index is 0.565. The molecule has 0 aromatic heterocycles. The quantitative estimate of drug-likeness (QED) is 0.682. The average Bonchev–Trinajstić information content (AvgIpc) is 2.65. The fraction of sp³-hybridized carbons (Fsp3) is 1.00. The summed E-state index contributed by atoms with van der Waals surface area (Å²) in [7, 11) is 2.38. The summed E-state index contributed by atoms with van der Waals surface area (Å²) in [4.78, 5) is 2.73. The van der Waals surface area contributed by atoms with Gasteiger partial charge in [-0.1, -0.05) is 33.6 Å². The second-order valence-electron chi connectivity index (χ2n) is 7.17. The molecule has 1 heteroatoms. The molecule has 2 atom stereocenters. The van der Waals surface area contributed by atoms with Crippen molar-refractivity contribution < 1.29 is 0 Å². The van der Waals surface area contributed by atoms with E-state index in [9.17, 15) is 0 Å². The first kappa shape index (κ1) is 12.4. The Morgan fingerprint density at radius 3 is 2.19 bits per heavy atom. The van der Waals surface area contributed by atoms with Crippen LogP contribution < -0.4 is 0 Å². The number of nitrogens with zero attached hydrogens (tertiary/aromatic N) is 1. The first-order valence-corrected chi connectivity index (χ1v) is 7.20. The predicted octanol–water partition coefficient (Wildman–Crippen LogP) is 4.08. The molecular formula is C15H29N. The van der Waals surface area contributed by atoms with Gasteiger partial charge in [0.2, 0.25) is 0 Å². The van der Waals surface area contributed by atoms with E-state index in [1.54, 1.807) is 0 Å². The summed E-state index contributed by atoms with van der Waals surface area (Å²) in [5.74, 6) is 0.914. The molecule has 2 aliphatic rings. The number of hydrogen-bond donors (Lipinski definition) is 0. The van der Waals surface area contributed by atoms with Crippen LogP contribution >= 0.6 is 0 Å². The maximum Gasteiger partial charge on any atom is 0.0103 e. The molecule has 1 nitrogen and oxygen atoms in total. The van der Waals surface area contributed by atoms with Gasteiger partial charge < -0.3 is 4.90 Å². The maximum absolute atomic E-state index is 2.73. The highest BCUT2D eigenvalue weighted by Crippen LogP contribution is 2.41. The summed E-state index contributed by atoms with van der Waals surface area (Å²) in [5, 5.41) is 0. The van der Waals surface area contributed by atoms with E-state index in [0.717, 1.165) is 18.0 Å². The fourth-order valence-electron chi connectivity index (χ4n) is 4.22. The average molecular weight is 223 g/mol. The van der Waals surface area contributed by atoms with Crippen molar-refractivity contribution in [2.45, 2.75) is 77.8 Å². The van der Waals surface area contributed by atoms with Crippen molar-refractivity contribution in [2.75, 3.05) is 7.05 Å². The van der Waals surface area contributed by atoms with E-state index in [-0.39, 0.29) is 0 Å². The second-order valence-corrected chi connectivity index (χ2v) is 7.17. The molecular weight excluding hydrogens is 194 g/mol. The van der Waals surface area contributed by atoms with Crippen LogP contribution in [0.25, 0.3) is 0 Å². The van der Waals surface area contributed by atoms with Crippen LogP contribution in [0, 0.1) is 11.3 Å². The summed E-state index contributed by atoms with van der Waals surface area (Å²) < 4.78 is 0. The smallest absolute Gasteiger partial charge is 0.0103 e. The monoisotopic (exact) mass is 223 g/mol. The van der Waals surface area contributed by atoms with Gasteiger partial charge >= 0.3 is 0 Å². The second kappa shape index (κ2) is 4.68. The minimum atomic E-state index is 0.565. The van der Waals surface area contributed by atoms with Crippen LogP contribution in [0.3, 0.4) is 0 Å². The third kappa shape index (κ3) is 2.80. The molecule has 2 rings (SSSR count). The van der Waals surface area contributed by atoms with Gasteiger partial charge in [0.25, 0.3) is 0 Å². The first-order valence-electron chi connectivity index (χ1n) is 7.20. The Morgan fingerprint density at radius 1 is 1.00 bits per heavy atom. The van der Waals surface area contributed by atoms with Gasteiger partial charge in [0.05, 0.1) is 0 Å². The molecule has 2 fully saturated rings. The highest BCUT2D eigenvalue weighted by molar-refractivity contribution is 4.90. The Balaban J connectivity index is 1.97. The Bertz CT molecular complexity index is 228. The predicted molar refractivity (Wildman–Crippen MR) is 70.6 cm³/mol. The molecule has 0 saturated heterocycles. The molecule has 0 spiro atoms. The molecule has 0 aliphatic heterocycles. The Kier molecular flexibility index (Phi) is 3.63. The molecule has 16 heavy (non-hydrogen) atoms. The van der Waals surface area contributed by atoms with Crippen LogP contribution in [-0.4, -0.2) is 24.0 Å². The zero-order chi connectivity index (χ0) is 11.8. The van der Waals surface area contributed by atoms with Crippen LogP contribution in [0.1, 0.15) is 65.7 Å². The Hall–Kier alpha value is -0.0400. The van der Waals surface area contributed by atoms with Crippen molar-refractivity contribution in [1.29, 1.82) is 0 Å². The van der Waals surface area contributed by atoms with E-state index in [0.29, 0.717) is 5.41 Å². The summed E-state index contributed by atoms with van der Waals surface area (Å²) in [6.07, 6.45) is 10.1. The molecule has 0 aromatic rings. The highest BCUT2D eigenvalue weighted by atomic mass is 15.2. The number of rotatable bonds is 2. The largest absolute Gasteiger partial charge is 0.300 e. The van der Waals surface area contributed by atoms with Gasteiger partial charge in [-0.3, -0.25) is 0 Å². The van der Waals surface area contributed by atoms with Gasteiger partial charge in [-0.2, -0.15) is 0 Å². The summed E-state index contributed by atoms with van der Waals surface area (Å²) in [6.45, 7) is 7.35. The standard InChI is InChI=1S/C15H29N/c1-12-9-14(11-15(2,3)10-12)16(4)13-7-5-6-8-13/h12-14H,5-11H2,1-4H3. The highest BCUT2D eigenvalue weighted by Gasteiger charge is 2.36. The third-order valence-corrected chi connectivity index (χ3v) is 4.84. The Labute approximate surface area is 102 Å². The van der Waals surface area contributed by atoms with Crippen molar-refractivity contribution in [3.63, 3.8) is 0 Å². The van der Waals surface area contributed by atoms with Crippen molar-refractivity contribution >= 4 is 0 Å². The van der Waals surface area contributed by atoms with Crippen molar-refractivity contribution in [3.8, 4) is 0 Å². The van der Waals surface area contributed by atoms with E-state index in [4.69, 9.17) is 0 Å². The van der Waals surface area contributed by atoms with E-state index in [1.807, 2.05) is 0 Å².